The maximum absolute atomic E-state index is 12.3. The summed E-state index contributed by atoms with van der Waals surface area (Å²) in [5.41, 5.74) is 1.27. The lowest BCUT2D eigenvalue weighted by Gasteiger charge is -2.36. The number of carbonyl (C=O) groups excluding carboxylic acids is 2. The number of hydrogen-bond acceptors (Lipinski definition) is 3. The highest BCUT2D eigenvalue weighted by atomic mass is 28.3. The molecule has 3 nitrogen and oxygen atoms in total. The van der Waals surface area contributed by atoms with Crippen molar-refractivity contribution in [2.45, 2.75) is 58.4 Å². The first-order valence-corrected chi connectivity index (χ1v) is 10.3. The Morgan fingerprint density at radius 1 is 1.45 bits per heavy atom. The number of Topliss-reactive ketones (excluding diaryl/α,β-unsaturated/α-hetero) is 1. The van der Waals surface area contributed by atoms with Crippen LogP contribution in [0.1, 0.15) is 33.1 Å². The van der Waals surface area contributed by atoms with E-state index >= 15 is 0 Å². The third-order valence-electron chi connectivity index (χ3n) is 3.62. The molecule has 0 heterocycles. The standard InChI is InChI=1S/C16H22O3Si/c1-7-9-15(3)14(18)8-10-16(15,19-13(2)17)11-12-20(4,5)6/h1H,8-10H2,2-6H3. The molecule has 2 atom stereocenters. The van der Waals surface area contributed by atoms with E-state index in [-0.39, 0.29) is 12.2 Å². The van der Waals surface area contributed by atoms with Crippen LogP contribution in [0.15, 0.2) is 0 Å². The van der Waals surface area contributed by atoms with Crippen molar-refractivity contribution in [3.8, 4) is 23.8 Å². The maximum atomic E-state index is 12.3. The van der Waals surface area contributed by atoms with Gasteiger partial charge in [0.1, 0.15) is 13.9 Å². The lowest BCUT2D eigenvalue weighted by molar-refractivity contribution is -0.161. The summed E-state index contributed by atoms with van der Waals surface area (Å²) in [5.74, 6) is 5.27. The van der Waals surface area contributed by atoms with E-state index in [1.807, 2.05) is 0 Å². The predicted molar refractivity (Wildman–Crippen MR) is 81.4 cm³/mol. The second-order valence-electron chi connectivity index (χ2n) is 6.56. The SMILES string of the molecule is C#CCC1(C)C(=O)CCC1(C#C[Si](C)(C)C)OC(C)=O. The van der Waals surface area contributed by atoms with E-state index in [4.69, 9.17) is 11.2 Å². The van der Waals surface area contributed by atoms with Gasteiger partial charge in [-0.1, -0.05) is 25.6 Å². The fourth-order valence-electron chi connectivity index (χ4n) is 2.44. The molecule has 0 N–H and O–H groups in total. The van der Waals surface area contributed by atoms with Crippen molar-refractivity contribution in [2.75, 3.05) is 0 Å². The number of esters is 1. The Morgan fingerprint density at radius 2 is 2.05 bits per heavy atom. The van der Waals surface area contributed by atoms with E-state index in [0.717, 1.165) is 0 Å². The Balaban J connectivity index is 3.37. The Morgan fingerprint density at radius 3 is 2.50 bits per heavy atom. The van der Waals surface area contributed by atoms with Crippen LogP contribution < -0.4 is 0 Å². The number of carbonyl (C=O) groups is 2. The van der Waals surface area contributed by atoms with Crippen molar-refractivity contribution in [2.24, 2.45) is 5.41 Å². The molecule has 20 heavy (non-hydrogen) atoms. The van der Waals surface area contributed by atoms with Crippen LogP contribution in [0, 0.1) is 29.2 Å². The van der Waals surface area contributed by atoms with Gasteiger partial charge in [0.05, 0.1) is 5.41 Å². The lowest BCUT2D eigenvalue weighted by atomic mass is 9.73. The summed E-state index contributed by atoms with van der Waals surface area (Å²) in [6.45, 7) is 9.44. The highest BCUT2D eigenvalue weighted by Crippen LogP contribution is 2.48. The Bertz CT molecular complexity index is 527. The third-order valence-corrected chi connectivity index (χ3v) is 4.50. The second kappa shape index (κ2) is 5.46. The average Bonchev–Trinajstić information content (AvgIpc) is 2.51. The molecule has 0 bridgehead atoms. The highest BCUT2D eigenvalue weighted by Gasteiger charge is 2.59. The van der Waals surface area contributed by atoms with E-state index in [9.17, 15) is 9.59 Å². The van der Waals surface area contributed by atoms with E-state index in [2.05, 4.69) is 37.0 Å². The van der Waals surface area contributed by atoms with E-state index in [1.165, 1.54) is 6.92 Å². The van der Waals surface area contributed by atoms with Crippen LogP contribution in [0.25, 0.3) is 0 Å². The van der Waals surface area contributed by atoms with Crippen molar-refractivity contribution >= 4 is 19.8 Å². The fraction of sp³-hybridized carbons (Fsp3) is 0.625. The van der Waals surface area contributed by atoms with Gasteiger partial charge in [0.15, 0.2) is 5.60 Å². The minimum Gasteiger partial charge on any atom is -0.445 e. The highest BCUT2D eigenvalue weighted by molar-refractivity contribution is 6.83. The van der Waals surface area contributed by atoms with Gasteiger partial charge in [-0.05, 0) is 6.92 Å². The van der Waals surface area contributed by atoms with Crippen molar-refractivity contribution in [1.29, 1.82) is 0 Å². The van der Waals surface area contributed by atoms with Crippen LogP contribution in [-0.4, -0.2) is 25.4 Å². The van der Waals surface area contributed by atoms with Crippen LogP contribution in [0.5, 0.6) is 0 Å². The first-order valence-electron chi connectivity index (χ1n) is 6.77. The van der Waals surface area contributed by atoms with Crippen molar-refractivity contribution in [1.82, 2.24) is 0 Å². The van der Waals surface area contributed by atoms with Gasteiger partial charge < -0.3 is 4.74 Å². The molecule has 0 aromatic carbocycles. The van der Waals surface area contributed by atoms with Gasteiger partial charge in [-0.3, -0.25) is 9.59 Å². The number of hydrogen-bond donors (Lipinski definition) is 0. The van der Waals surface area contributed by atoms with Gasteiger partial charge in [-0.2, -0.15) is 0 Å². The number of ketones is 1. The Kier molecular flexibility index (Phi) is 4.51. The summed E-state index contributed by atoms with van der Waals surface area (Å²) >= 11 is 0. The quantitative estimate of drug-likeness (QED) is 0.446. The second-order valence-corrected chi connectivity index (χ2v) is 11.3. The summed E-state index contributed by atoms with van der Waals surface area (Å²) in [5, 5.41) is 0. The molecule has 1 fully saturated rings. The van der Waals surface area contributed by atoms with Crippen molar-refractivity contribution in [3.05, 3.63) is 0 Å². The van der Waals surface area contributed by atoms with Gasteiger partial charge >= 0.3 is 5.97 Å². The smallest absolute Gasteiger partial charge is 0.304 e. The normalized spacial score (nSPS) is 29.3. The van der Waals surface area contributed by atoms with Gasteiger partial charge in [0.25, 0.3) is 0 Å². The molecule has 0 spiro atoms. The average molecular weight is 290 g/mol. The molecule has 0 radical (unpaired) electrons. The van der Waals surface area contributed by atoms with E-state index in [1.54, 1.807) is 6.92 Å². The van der Waals surface area contributed by atoms with Crippen LogP contribution >= 0.6 is 0 Å². The molecular formula is C16H22O3Si. The Labute approximate surface area is 122 Å². The molecule has 1 rings (SSSR count). The molecule has 1 aliphatic rings. The third kappa shape index (κ3) is 3.14. The molecule has 1 saturated carbocycles. The van der Waals surface area contributed by atoms with Crippen LogP contribution in [0.2, 0.25) is 19.6 Å². The van der Waals surface area contributed by atoms with Crippen LogP contribution in [-0.2, 0) is 14.3 Å². The summed E-state index contributed by atoms with van der Waals surface area (Å²) in [7, 11) is -1.65. The molecule has 0 amide bonds. The van der Waals surface area contributed by atoms with Crippen molar-refractivity contribution < 1.29 is 14.3 Å². The molecule has 0 saturated heterocycles. The van der Waals surface area contributed by atoms with Crippen LogP contribution in [0.4, 0.5) is 0 Å². The minimum atomic E-state index is -1.65. The van der Waals surface area contributed by atoms with E-state index < -0.39 is 25.1 Å². The zero-order valence-electron chi connectivity index (χ0n) is 12.9. The first-order chi connectivity index (χ1) is 9.06. The molecule has 108 valence electrons. The topological polar surface area (TPSA) is 43.4 Å². The zero-order valence-corrected chi connectivity index (χ0v) is 13.9. The molecule has 0 aromatic rings. The molecular weight excluding hydrogens is 268 g/mol. The maximum Gasteiger partial charge on any atom is 0.304 e. The van der Waals surface area contributed by atoms with Crippen LogP contribution in [0.3, 0.4) is 0 Å². The Hall–Kier alpha value is -1.52. The molecule has 0 aliphatic heterocycles. The predicted octanol–water partition coefficient (Wildman–Crippen LogP) is 2.56. The number of rotatable bonds is 2. The number of terminal acetylenes is 1. The van der Waals surface area contributed by atoms with Gasteiger partial charge in [-0.25, -0.2) is 0 Å². The summed E-state index contributed by atoms with van der Waals surface area (Å²) in [4.78, 5) is 23.8. The van der Waals surface area contributed by atoms with Crippen molar-refractivity contribution in [3.63, 3.8) is 0 Å². The minimum absolute atomic E-state index is 0.0292. The summed E-state index contributed by atoms with van der Waals surface area (Å²) < 4.78 is 5.53. The first kappa shape index (κ1) is 16.5. The molecule has 2 unspecified atom stereocenters. The van der Waals surface area contributed by atoms with Gasteiger partial charge in [-0.15, -0.1) is 17.9 Å². The summed E-state index contributed by atoms with van der Waals surface area (Å²) in [6, 6.07) is 0. The molecule has 4 heteroatoms. The van der Waals surface area contributed by atoms with E-state index in [0.29, 0.717) is 12.8 Å². The summed E-state index contributed by atoms with van der Waals surface area (Å²) in [6.07, 6.45) is 6.43. The molecule has 0 aromatic heterocycles. The van der Waals surface area contributed by atoms with Gasteiger partial charge in [0.2, 0.25) is 0 Å². The number of ether oxygens (including phenoxy) is 1. The largest absolute Gasteiger partial charge is 0.445 e. The zero-order chi connectivity index (χ0) is 15.6. The lowest BCUT2D eigenvalue weighted by Crippen LogP contribution is -2.47. The van der Waals surface area contributed by atoms with Gasteiger partial charge in [0, 0.05) is 26.2 Å². The monoisotopic (exact) mass is 290 g/mol. The molecule has 1 aliphatic carbocycles. The fourth-order valence-corrected chi connectivity index (χ4v) is 3.01.